The van der Waals surface area contributed by atoms with Crippen molar-refractivity contribution in [1.82, 2.24) is 14.7 Å². The molecular weight excluding hydrogens is 296 g/mol. The molecule has 3 aromatic rings. The molecule has 1 unspecified atom stereocenters. The lowest BCUT2D eigenvalue weighted by Crippen LogP contribution is -2.24. The zero-order valence-corrected chi connectivity index (χ0v) is 12.8. The molecule has 22 heavy (non-hydrogen) atoms. The Balaban J connectivity index is 1.50. The fourth-order valence-electron chi connectivity index (χ4n) is 2.71. The molecule has 1 aliphatic heterocycles. The molecule has 5 nitrogen and oxygen atoms in total. The summed E-state index contributed by atoms with van der Waals surface area (Å²) in [7, 11) is 0. The number of anilines is 1. The van der Waals surface area contributed by atoms with Gasteiger partial charge in [0.15, 0.2) is 4.96 Å². The minimum atomic E-state index is 0.0830. The normalized spacial score (nSPS) is 17.9. The van der Waals surface area contributed by atoms with Gasteiger partial charge in [0.25, 0.3) is 0 Å². The minimum Gasteiger partial charge on any atom is -0.326 e. The van der Waals surface area contributed by atoms with Crippen LogP contribution in [0.3, 0.4) is 0 Å². The van der Waals surface area contributed by atoms with E-state index >= 15 is 0 Å². The number of nitrogens with zero attached hydrogens (tertiary/aromatic N) is 2. The van der Waals surface area contributed by atoms with E-state index in [4.69, 9.17) is 0 Å². The molecule has 2 N–H and O–H groups in total. The molecule has 0 spiro atoms. The van der Waals surface area contributed by atoms with Crippen molar-refractivity contribution in [3.8, 4) is 11.3 Å². The van der Waals surface area contributed by atoms with Crippen molar-refractivity contribution in [2.45, 2.75) is 6.42 Å². The van der Waals surface area contributed by atoms with Crippen LogP contribution in [0.2, 0.25) is 0 Å². The minimum absolute atomic E-state index is 0.0830. The number of fused-ring (bicyclic) bond motifs is 1. The van der Waals surface area contributed by atoms with Crippen molar-refractivity contribution in [3.63, 3.8) is 0 Å². The van der Waals surface area contributed by atoms with Crippen molar-refractivity contribution in [3.05, 3.63) is 42.0 Å². The van der Waals surface area contributed by atoms with Gasteiger partial charge in [0.2, 0.25) is 5.91 Å². The Kier molecular flexibility index (Phi) is 3.40. The average Bonchev–Trinajstić information content (AvgIpc) is 3.24. The molecule has 1 amide bonds. The van der Waals surface area contributed by atoms with Gasteiger partial charge in [-0.05, 0) is 25.1 Å². The first-order valence-corrected chi connectivity index (χ1v) is 8.22. The Hall–Kier alpha value is -2.18. The summed E-state index contributed by atoms with van der Waals surface area (Å²) in [5, 5.41) is 8.21. The summed E-state index contributed by atoms with van der Waals surface area (Å²) >= 11 is 1.62. The van der Waals surface area contributed by atoms with Crippen molar-refractivity contribution in [2.75, 3.05) is 18.4 Å². The number of rotatable bonds is 3. The van der Waals surface area contributed by atoms with Crippen LogP contribution in [0.5, 0.6) is 0 Å². The van der Waals surface area contributed by atoms with Crippen LogP contribution in [0.4, 0.5) is 5.69 Å². The lowest BCUT2D eigenvalue weighted by atomic mass is 10.1. The second-order valence-electron chi connectivity index (χ2n) is 5.48. The molecule has 1 saturated heterocycles. The highest BCUT2D eigenvalue weighted by molar-refractivity contribution is 7.15. The average molecular weight is 312 g/mol. The Morgan fingerprint density at radius 2 is 2.23 bits per heavy atom. The summed E-state index contributed by atoms with van der Waals surface area (Å²) in [4.78, 5) is 17.7. The molecule has 3 heterocycles. The maximum absolute atomic E-state index is 12.1. The number of aromatic nitrogens is 2. The fraction of sp³-hybridized carbons (Fsp3) is 0.250. The SMILES string of the molecule is O=C(Nc1ccc(-c2cn3ccsc3n2)cc1)C1CCNC1. The third kappa shape index (κ3) is 2.51. The molecule has 6 heteroatoms. The van der Waals surface area contributed by atoms with Gasteiger partial charge in [0.1, 0.15) is 0 Å². The van der Waals surface area contributed by atoms with E-state index in [-0.39, 0.29) is 11.8 Å². The number of hydrogen-bond donors (Lipinski definition) is 2. The molecule has 1 fully saturated rings. The van der Waals surface area contributed by atoms with Crippen LogP contribution in [0.25, 0.3) is 16.2 Å². The molecule has 2 aromatic heterocycles. The highest BCUT2D eigenvalue weighted by Gasteiger charge is 2.22. The summed E-state index contributed by atoms with van der Waals surface area (Å²) in [5.74, 6) is 0.180. The standard InChI is InChI=1S/C16H16N4OS/c21-15(12-5-6-17-9-12)18-13-3-1-11(2-4-13)14-10-20-7-8-22-16(20)19-14/h1-4,7-8,10,12,17H,5-6,9H2,(H,18,21). The zero-order valence-electron chi connectivity index (χ0n) is 12.0. The fourth-order valence-corrected chi connectivity index (χ4v) is 3.41. The van der Waals surface area contributed by atoms with Crippen LogP contribution in [0.1, 0.15) is 6.42 Å². The number of thiazole rings is 1. The number of carbonyl (C=O) groups excluding carboxylic acids is 1. The number of nitrogens with one attached hydrogen (secondary N) is 2. The molecule has 0 bridgehead atoms. The number of carbonyl (C=O) groups is 1. The van der Waals surface area contributed by atoms with E-state index in [1.807, 2.05) is 46.4 Å². The maximum Gasteiger partial charge on any atom is 0.228 e. The van der Waals surface area contributed by atoms with Gasteiger partial charge < -0.3 is 10.6 Å². The Labute approximate surface area is 132 Å². The van der Waals surface area contributed by atoms with Crippen LogP contribution < -0.4 is 10.6 Å². The highest BCUT2D eigenvalue weighted by atomic mass is 32.1. The first-order chi connectivity index (χ1) is 10.8. The van der Waals surface area contributed by atoms with E-state index in [1.165, 1.54) is 0 Å². The predicted octanol–water partition coefficient (Wildman–Crippen LogP) is 2.61. The quantitative estimate of drug-likeness (QED) is 0.781. The molecular formula is C16H16N4OS. The van der Waals surface area contributed by atoms with E-state index in [0.29, 0.717) is 0 Å². The number of benzene rings is 1. The molecule has 4 rings (SSSR count). The van der Waals surface area contributed by atoms with E-state index in [1.54, 1.807) is 11.3 Å². The number of hydrogen-bond acceptors (Lipinski definition) is 4. The summed E-state index contributed by atoms with van der Waals surface area (Å²) in [6.45, 7) is 1.70. The highest BCUT2D eigenvalue weighted by Crippen LogP contribution is 2.23. The first-order valence-electron chi connectivity index (χ1n) is 7.34. The maximum atomic E-state index is 12.1. The number of imidazole rings is 1. The summed E-state index contributed by atoms with van der Waals surface area (Å²) in [6, 6.07) is 7.86. The van der Waals surface area contributed by atoms with Crippen molar-refractivity contribution in [2.24, 2.45) is 5.92 Å². The second kappa shape index (κ2) is 5.55. The van der Waals surface area contributed by atoms with Crippen LogP contribution in [0.15, 0.2) is 42.0 Å². The number of amides is 1. The predicted molar refractivity (Wildman–Crippen MR) is 88.1 cm³/mol. The van der Waals surface area contributed by atoms with Crippen LogP contribution in [0, 0.1) is 5.92 Å². The molecule has 1 atom stereocenters. The van der Waals surface area contributed by atoms with Crippen LogP contribution >= 0.6 is 11.3 Å². The third-order valence-corrected chi connectivity index (χ3v) is 4.74. The van der Waals surface area contributed by atoms with Gasteiger partial charge >= 0.3 is 0 Å². The third-order valence-electron chi connectivity index (χ3n) is 3.97. The summed E-state index contributed by atoms with van der Waals surface area (Å²) in [6.07, 6.45) is 4.93. The van der Waals surface area contributed by atoms with Gasteiger partial charge in [-0.1, -0.05) is 12.1 Å². The van der Waals surface area contributed by atoms with Crippen LogP contribution in [-0.2, 0) is 4.79 Å². The summed E-state index contributed by atoms with van der Waals surface area (Å²) in [5.41, 5.74) is 2.84. The van der Waals surface area contributed by atoms with Crippen molar-refractivity contribution in [1.29, 1.82) is 0 Å². The topological polar surface area (TPSA) is 58.4 Å². The first kappa shape index (κ1) is 13.5. The Bertz CT molecular complexity index is 771. The van der Waals surface area contributed by atoms with E-state index in [0.717, 1.165) is 41.4 Å². The van der Waals surface area contributed by atoms with Crippen molar-refractivity contribution >= 4 is 27.9 Å². The van der Waals surface area contributed by atoms with E-state index in [2.05, 4.69) is 15.6 Å². The molecule has 0 saturated carbocycles. The van der Waals surface area contributed by atoms with Gasteiger partial charge in [-0.2, -0.15) is 0 Å². The largest absolute Gasteiger partial charge is 0.326 e. The van der Waals surface area contributed by atoms with Gasteiger partial charge in [0, 0.05) is 35.6 Å². The van der Waals surface area contributed by atoms with Gasteiger partial charge in [0.05, 0.1) is 11.6 Å². The van der Waals surface area contributed by atoms with E-state index in [9.17, 15) is 4.79 Å². The van der Waals surface area contributed by atoms with Gasteiger partial charge in [-0.25, -0.2) is 4.98 Å². The summed E-state index contributed by atoms with van der Waals surface area (Å²) < 4.78 is 2.02. The smallest absolute Gasteiger partial charge is 0.228 e. The molecule has 1 aliphatic rings. The molecule has 1 aromatic carbocycles. The van der Waals surface area contributed by atoms with E-state index < -0.39 is 0 Å². The van der Waals surface area contributed by atoms with Gasteiger partial charge in [-0.3, -0.25) is 9.20 Å². The second-order valence-corrected chi connectivity index (χ2v) is 6.35. The monoisotopic (exact) mass is 312 g/mol. The lowest BCUT2D eigenvalue weighted by molar-refractivity contribution is -0.119. The molecule has 0 aliphatic carbocycles. The Morgan fingerprint density at radius 3 is 2.95 bits per heavy atom. The lowest BCUT2D eigenvalue weighted by Gasteiger charge is -2.10. The zero-order chi connectivity index (χ0) is 14.9. The van der Waals surface area contributed by atoms with Crippen molar-refractivity contribution < 1.29 is 4.79 Å². The Morgan fingerprint density at radius 1 is 1.36 bits per heavy atom. The van der Waals surface area contributed by atoms with Gasteiger partial charge in [-0.15, -0.1) is 11.3 Å². The molecule has 0 radical (unpaired) electrons. The molecule has 112 valence electrons. The van der Waals surface area contributed by atoms with Crippen LogP contribution in [-0.4, -0.2) is 28.4 Å².